The molecule has 0 spiro atoms. The van der Waals surface area contributed by atoms with Gasteiger partial charge in [0, 0.05) is 20.3 Å². The van der Waals surface area contributed by atoms with Crippen molar-refractivity contribution in [1.82, 2.24) is 5.32 Å². The lowest BCUT2D eigenvalue weighted by Crippen LogP contribution is -2.68. The molecule has 0 aliphatic carbocycles. The molecule has 21 aliphatic heterocycles. The van der Waals surface area contributed by atoms with Gasteiger partial charge in [0.05, 0.1) is 39.6 Å². The van der Waals surface area contributed by atoms with Crippen molar-refractivity contribution in [1.29, 1.82) is 0 Å². The summed E-state index contributed by atoms with van der Waals surface area (Å²) in [6.45, 7) is -5.87. The van der Waals surface area contributed by atoms with E-state index >= 15 is 0 Å². The Morgan fingerprint density at radius 2 is 0.451 bits per heavy atom. The van der Waals surface area contributed by atoms with Crippen LogP contribution in [0.3, 0.4) is 0 Å². The Morgan fingerprint density at radius 1 is 0.268 bits per heavy atom. The Labute approximate surface area is 465 Å². The molecule has 0 unspecified atom stereocenters. The van der Waals surface area contributed by atoms with E-state index in [0.717, 1.165) is 0 Å². The number of aliphatic hydroxyl groups is 20. The summed E-state index contributed by atoms with van der Waals surface area (Å²) < 4.78 is 86.1. The van der Waals surface area contributed by atoms with Gasteiger partial charge in [-0.05, 0) is 13.0 Å². The highest BCUT2D eigenvalue weighted by Gasteiger charge is 2.59. The lowest BCUT2D eigenvalue weighted by atomic mass is 9.95. The number of hydrogen-bond acceptors (Lipinski definition) is 36. The maximum absolute atomic E-state index is 11.7. The first-order chi connectivity index (χ1) is 39.2. The summed E-state index contributed by atoms with van der Waals surface area (Å²) in [5.74, 6) is 0. The summed E-state index contributed by atoms with van der Waals surface area (Å²) in [6, 6.07) is 0. The van der Waals surface area contributed by atoms with Gasteiger partial charge in [0.15, 0.2) is 44.0 Å². The third-order valence-corrected chi connectivity index (χ3v) is 15.7. The fourth-order valence-corrected chi connectivity index (χ4v) is 11.0. The summed E-state index contributed by atoms with van der Waals surface area (Å²) in [5.41, 5.74) is 0. The van der Waals surface area contributed by atoms with Crippen molar-refractivity contribution in [3.63, 3.8) is 0 Å². The first kappa shape index (κ1) is 66.5. The average molecular weight is 1210 g/mol. The molecule has 0 aromatic carbocycles. The fraction of sp³-hybridized carbons (Fsp3) is 1.00. The van der Waals surface area contributed by atoms with Gasteiger partial charge in [-0.2, -0.15) is 0 Å². The number of hydrogen-bond donors (Lipinski definition) is 21. The molecule has 21 fully saturated rings. The number of aliphatic hydroxyl groups excluding tert-OH is 20. The quantitative estimate of drug-likeness (QED) is 0.0807. The van der Waals surface area contributed by atoms with E-state index in [0.29, 0.717) is 13.0 Å². The summed E-state index contributed by atoms with van der Waals surface area (Å²) >= 11 is 0. The first-order valence-corrected chi connectivity index (χ1v) is 26.7. The van der Waals surface area contributed by atoms with Crippen LogP contribution in [-0.4, -0.2) is 384 Å². The van der Waals surface area contributed by atoms with E-state index in [1.165, 1.54) is 7.11 Å². The predicted octanol–water partition coefficient (Wildman–Crippen LogP) is -14.6. The van der Waals surface area contributed by atoms with Gasteiger partial charge in [0.25, 0.3) is 0 Å². The van der Waals surface area contributed by atoms with Gasteiger partial charge in [0.2, 0.25) is 0 Å². The second kappa shape index (κ2) is 29.3. The highest BCUT2D eigenvalue weighted by Crippen LogP contribution is 2.39. The van der Waals surface area contributed by atoms with Gasteiger partial charge in [-0.25, -0.2) is 0 Å². The Bertz CT molecular complexity index is 1910. The van der Waals surface area contributed by atoms with Crippen molar-refractivity contribution in [3.05, 3.63) is 0 Å². The molecule has 0 amide bonds. The maximum atomic E-state index is 11.7. The third kappa shape index (κ3) is 13.7. The van der Waals surface area contributed by atoms with Crippen LogP contribution in [-0.2, 0) is 71.1 Å². The van der Waals surface area contributed by atoms with Crippen molar-refractivity contribution >= 4 is 0 Å². The minimum absolute atomic E-state index is 0.238. The van der Waals surface area contributed by atoms with E-state index < -0.39 is 255 Å². The first-order valence-electron chi connectivity index (χ1n) is 26.7. The molecule has 0 radical (unpaired) electrons. The van der Waals surface area contributed by atoms with Crippen molar-refractivity contribution in [2.75, 3.05) is 66.4 Å². The van der Waals surface area contributed by atoms with E-state index in [4.69, 9.17) is 71.1 Å². The number of methoxy groups -OCH3 is 1. The Balaban J connectivity index is 1.09. The van der Waals surface area contributed by atoms with Crippen LogP contribution in [0.1, 0.15) is 6.42 Å². The molecule has 82 heavy (non-hydrogen) atoms. The largest absolute Gasteiger partial charge is 0.394 e. The minimum atomic E-state index is -2.20. The van der Waals surface area contributed by atoms with Gasteiger partial charge in [0.1, 0.15) is 171 Å². The van der Waals surface area contributed by atoms with Gasteiger partial charge in [-0.1, -0.05) is 0 Å². The lowest BCUT2D eigenvalue weighted by molar-refractivity contribution is -0.396. The standard InChI is InChI=1S/C46H79NO35/c1-68-4-2-3-47-5-12-33-19(54)26(61)40(69-12)77-34-13(6-48)71-42(28(63)21(34)56)79-36-15(8-50)73-44(30(65)23(36)58)81-38-17(10-52)75-46(32(67)25(38)60)82-39-18(11-53)74-45(31(66)24(39)59)80-37-16(9-51)72-43(29(64)22(37)57)78-35-14(7-49)70-41(76-33)27(62)20(35)55/h12-67H,2-11H2,1H3/t12-,13-,14-,15-,16-,17-,18-,19-,20-,21-,22-,23-,24-,25-,26-,27-,28-,29-,30-,31-,32-,33-,34-,35-,36-,37-,38-,39-,40-,41-,42-,43-,44-,45-,46-/m1/s1. The monoisotopic (exact) mass is 1210 g/mol. The Kier molecular flexibility index (Phi) is 23.7. The smallest absolute Gasteiger partial charge is 0.187 e. The molecule has 0 saturated carbocycles. The van der Waals surface area contributed by atoms with Crippen LogP contribution in [0.25, 0.3) is 0 Å². The molecule has 0 aromatic heterocycles. The Morgan fingerprint density at radius 3 is 0.634 bits per heavy atom. The molecule has 36 heteroatoms. The molecule has 478 valence electrons. The van der Waals surface area contributed by atoms with Crippen LogP contribution in [0.4, 0.5) is 0 Å². The Hall–Kier alpha value is -1.44. The van der Waals surface area contributed by atoms with Crippen molar-refractivity contribution in [2.45, 2.75) is 221 Å². The van der Waals surface area contributed by atoms with E-state index in [1.807, 2.05) is 0 Å². The van der Waals surface area contributed by atoms with Crippen LogP contribution < -0.4 is 5.32 Å². The topological polar surface area (TPSA) is 555 Å². The number of nitrogens with one attached hydrogen (secondary N) is 1. The fourth-order valence-electron chi connectivity index (χ4n) is 11.0. The molecular formula is C46H79NO35. The van der Waals surface area contributed by atoms with Gasteiger partial charge in [-0.15, -0.1) is 0 Å². The predicted molar refractivity (Wildman–Crippen MR) is 251 cm³/mol. The molecule has 36 nitrogen and oxygen atoms in total. The summed E-state index contributed by atoms with van der Waals surface area (Å²) in [6.07, 6.45) is -68.6. The molecule has 21 heterocycles. The van der Waals surface area contributed by atoms with Crippen LogP contribution in [0.15, 0.2) is 0 Å². The molecular weight excluding hydrogens is 1130 g/mol. The summed E-state index contributed by atoms with van der Waals surface area (Å²) in [7, 11) is 1.46. The van der Waals surface area contributed by atoms with Crippen molar-refractivity contribution < 1.29 is 173 Å². The molecule has 21 rings (SSSR count). The molecule has 35 atom stereocenters. The molecule has 21 N–H and O–H groups in total. The van der Waals surface area contributed by atoms with E-state index in [1.54, 1.807) is 0 Å². The molecule has 14 bridgehead atoms. The van der Waals surface area contributed by atoms with Gasteiger partial charge >= 0.3 is 0 Å². The van der Waals surface area contributed by atoms with Crippen LogP contribution in [0.2, 0.25) is 0 Å². The number of ether oxygens (including phenoxy) is 15. The number of rotatable bonds is 12. The molecule has 21 saturated heterocycles. The van der Waals surface area contributed by atoms with E-state index in [-0.39, 0.29) is 13.1 Å². The summed E-state index contributed by atoms with van der Waals surface area (Å²) in [4.78, 5) is 0. The van der Waals surface area contributed by atoms with Crippen LogP contribution >= 0.6 is 0 Å². The third-order valence-electron chi connectivity index (χ3n) is 15.7. The second-order valence-corrected chi connectivity index (χ2v) is 21.0. The van der Waals surface area contributed by atoms with Crippen LogP contribution in [0.5, 0.6) is 0 Å². The zero-order chi connectivity index (χ0) is 59.6. The molecule has 0 aromatic rings. The van der Waals surface area contributed by atoms with Crippen molar-refractivity contribution in [3.8, 4) is 0 Å². The van der Waals surface area contributed by atoms with E-state index in [9.17, 15) is 102 Å². The van der Waals surface area contributed by atoms with Crippen molar-refractivity contribution in [2.24, 2.45) is 0 Å². The average Bonchev–Trinajstić information content (AvgIpc) is 2.82. The zero-order valence-corrected chi connectivity index (χ0v) is 43.8. The van der Waals surface area contributed by atoms with Crippen LogP contribution in [0, 0.1) is 0 Å². The van der Waals surface area contributed by atoms with Gasteiger partial charge < -0.3 is 179 Å². The lowest BCUT2D eigenvalue weighted by Gasteiger charge is -2.50. The normalized spacial score (nSPS) is 52.7. The second-order valence-electron chi connectivity index (χ2n) is 21.0. The highest BCUT2D eigenvalue weighted by atomic mass is 16.8. The highest BCUT2D eigenvalue weighted by molar-refractivity contribution is 5.02. The summed E-state index contributed by atoms with van der Waals surface area (Å²) in [5, 5.41) is 226. The molecule has 21 aliphatic rings. The maximum Gasteiger partial charge on any atom is 0.187 e. The van der Waals surface area contributed by atoms with Gasteiger partial charge in [-0.3, -0.25) is 0 Å². The van der Waals surface area contributed by atoms with E-state index in [2.05, 4.69) is 5.32 Å². The minimum Gasteiger partial charge on any atom is -0.394 e. The zero-order valence-electron chi connectivity index (χ0n) is 43.8. The SMILES string of the molecule is COCCCNC[C@H]1O[C@@H]2O[C@H]3[C@H](O)[C@@H](O)[C@@H](O[C@H]4[C@H](O)[C@@H](O)[C@@H](O[C@H]5[C@H](O)[C@@H](O)[C@@H](O[C@H]6[C@H](O)[C@@H](O)[C@@H](O[C@H]7[C@H](O)[C@@H](O)[C@@H](O[C@H]8[C@H](O)[C@@H](O)[C@@H](O[C@H]1[C@H](O)[C@H]2O)O[C@@H]8CO)O[C@@H]7CO)O[C@@H]6CO)O[C@@H]5CO)O[C@@H]4CO)O[C@@H]3CO.